The fraction of sp³-hybridized carbons (Fsp3) is 0.286. The zero-order chi connectivity index (χ0) is 20.2. The number of imidazole rings is 1. The predicted octanol–water partition coefficient (Wildman–Crippen LogP) is 2.30. The summed E-state index contributed by atoms with van der Waals surface area (Å²) in [6.07, 6.45) is 8.43. The summed E-state index contributed by atoms with van der Waals surface area (Å²) in [7, 11) is 1.77. The number of anilines is 2. The van der Waals surface area contributed by atoms with E-state index in [0.29, 0.717) is 29.6 Å². The lowest BCUT2D eigenvalue weighted by Crippen LogP contribution is -2.41. The van der Waals surface area contributed by atoms with Gasteiger partial charge in [-0.1, -0.05) is 12.1 Å². The first-order valence-corrected chi connectivity index (χ1v) is 9.57. The summed E-state index contributed by atoms with van der Waals surface area (Å²) in [5.41, 5.74) is 1.09. The lowest BCUT2D eigenvalue weighted by Gasteiger charge is -2.31. The molecule has 3 aromatic rings. The Morgan fingerprint density at radius 2 is 1.93 bits per heavy atom. The molecule has 0 radical (unpaired) electrons. The number of piperidine rings is 1. The molecule has 3 heterocycles. The zero-order valence-corrected chi connectivity index (χ0v) is 16.2. The Morgan fingerprint density at radius 1 is 1.10 bits per heavy atom. The fourth-order valence-corrected chi connectivity index (χ4v) is 3.52. The number of carbonyl (C=O) groups is 2. The summed E-state index contributed by atoms with van der Waals surface area (Å²) < 4.78 is 1.68. The number of amides is 1. The van der Waals surface area contributed by atoms with Gasteiger partial charge in [-0.2, -0.15) is 0 Å². The van der Waals surface area contributed by atoms with Crippen LogP contribution in [0.5, 0.6) is 0 Å². The molecular formula is C21H22N6O2. The molecule has 1 amide bonds. The van der Waals surface area contributed by atoms with Gasteiger partial charge in [0.25, 0.3) is 0 Å². The second-order valence-corrected chi connectivity index (χ2v) is 7.09. The number of hydrogen-bond donors (Lipinski definition) is 1. The predicted molar refractivity (Wildman–Crippen MR) is 109 cm³/mol. The summed E-state index contributed by atoms with van der Waals surface area (Å²) in [4.78, 5) is 40.2. The molecule has 8 heteroatoms. The van der Waals surface area contributed by atoms with Crippen LogP contribution in [0.25, 0.3) is 0 Å². The number of rotatable bonds is 5. The van der Waals surface area contributed by atoms with E-state index in [4.69, 9.17) is 0 Å². The average Bonchev–Trinajstić information content (AvgIpc) is 3.20. The second kappa shape index (κ2) is 8.22. The fourth-order valence-electron chi connectivity index (χ4n) is 3.52. The van der Waals surface area contributed by atoms with Crippen molar-refractivity contribution in [1.29, 1.82) is 0 Å². The molecule has 0 saturated carbocycles. The molecule has 1 saturated heterocycles. The van der Waals surface area contributed by atoms with E-state index in [2.05, 4.69) is 20.3 Å². The molecule has 0 spiro atoms. The molecule has 0 bridgehead atoms. The molecule has 1 fully saturated rings. The lowest BCUT2D eigenvalue weighted by atomic mass is 9.97. The van der Waals surface area contributed by atoms with Gasteiger partial charge in [0.2, 0.25) is 17.6 Å². The van der Waals surface area contributed by atoms with Crippen LogP contribution in [0.4, 0.5) is 11.6 Å². The summed E-state index contributed by atoms with van der Waals surface area (Å²) in [5.74, 6) is 0.597. The van der Waals surface area contributed by atoms with Gasteiger partial charge in [-0.3, -0.25) is 9.59 Å². The molecule has 0 unspecified atom stereocenters. The Bertz CT molecular complexity index is 1020. The minimum absolute atomic E-state index is 0.0628. The van der Waals surface area contributed by atoms with Crippen LogP contribution < -0.4 is 10.2 Å². The highest BCUT2D eigenvalue weighted by molar-refractivity contribution is 6.07. The van der Waals surface area contributed by atoms with Crippen LogP contribution in [0.2, 0.25) is 0 Å². The van der Waals surface area contributed by atoms with Crippen molar-refractivity contribution in [1.82, 2.24) is 19.5 Å². The number of nitrogens with zero attached hydrogens (tertiary/aromatic N) is 5. The van der Waals surface area contributed by atoms with E-state index >= 15 is 0 Å². The largest absolute Gasteiger partial charge is 0.340 e. The van der Waals surface area contributed by atoms with E-state index < -0.39 is 0 Å². The summed E-state index contributed by atoms with van der Waals surface area (Å²) >= 11 is 0. The standard InChI is InChI=1S/C21H22N6O2/c1-26-12-10-22-19(26)18(28)15-5-2-7-17(13-15)25-20(29)16-6-3-11-27(14-16)21-23-8-4-9-24-21/h2,4-5,7-10,12-13,16H,3,6,11,14H2,1H3,(H,25,29)/t16-/m1/s1. The highest BCUT2D eigenvalue weighted by atomic mass is 16.2. The number of ketones is 1. The molecule has 1 N–H and O–H groups in total. The van der Waals surface area contributed by atoms with E-state index in [0.717, 1.165) is 19.4 Å². The van der Waals surface area contributed by atoms with Crippen LogP contribution >= 0.6 is 0 Å². The third kappa shape index (κ3) is 4.16. The van der Waals surface area contributed by atoms with Crippen molar-refractivity contribution in [3.63, 3.8) is 0 Å². The Labute approximate surface area is 168 Å². The molecule has 1 aliphatic rings. The highest BCUT2D eigenvalue weighted by Gasteiger charge is 2.27. The Hall–Kier alpha value is -3.55. The van der Waals surface area contributed by atoms with Crippen molar-refractivity contribution in [2.75, 3.05) is 23.3 Å². The lowest BCUT2D eigenvalue weighted by molar-refractivity contribution is -0.120. The van der Waals surface area contributed by atoms with Crippen molar-refractivity contribution in [3.05, 3.63) is 66.5 Å². The molecule has 148 valence electrons. The number of aromatic nitrogens is 4. The van der Waals surface area contributed by atoms with Crippen molar-refractivity contribution in [3.8, 4) is 0 Å². The van der Waals surface area contributed by atoms with Crippen LogP contribution in [0.1, 0.15) is 29.0 Å². The minimum Gasteiger partial charge on any atom is -0.340 e. The van der Waals surface area contributed by atoms with Crippen LogP contribution in [0, 0.1) is 5.92 Å². The first kappa shape index (κ1) is 18.8. The van der Waals surface area contributed by atoms with Gasteiger partial charge in [-0.05, 0) is 31.0 Å². The smallest absolute Gasteiger partial charge is 0.229 e. The topological polar surface area (TPSA) is 93.0 Å². The zero-order valence-electron chi connectivity index (χ0n) is 16.2. The van der Waals surface area contributed by atoms with Gasteiger partial charge < -0.3 is 14.8 Å². The quantitative estimate of drug-likeness (QED) is 0.672. The molecule has 1 aliphatic heterocycles. The first-order valence-electron chi connectivity index (χ1n) is 9.57. The van der Waals surface area contributed by atoms with Crippen LogP contribution in [-0.4, -0.2) is 44.3 Å². The third-order valence-corrected chi connectivity index (χ3v) is 5.04. The number of aryl methyl sites for hydroxylation is 1. The average molecular weight is 390 g/mol. The molecular weight excluding hydrogens is 368 g/mol. The highest BCUT2D eigenvalue weighted by Crippen LogP contribution is 2.22. The van der Waals surface area contributed by atoms with Gasteiger partial charge >= 0.3 is 0 Å². The van der Waals surface area contributed by atoms with E-state index in [9.17, 15) is 9.59 Å². The molecule has 4 rings (SSSR count). The maximum atomic E-state index is 12.8. The monoisotopic (exact) mass is 390 g/mol. The Balaban J connectivity index is 1.44. The maximum Gasteiger partial charge on any atom is 0.229 e. The van der Waals surface area contributed by atoms with E-state index in [1.165, 1.54) is 0 Å². The summed E-state index contributed by atoms with van der Waals surface area (Å²) in [6, 6.07) is 8.74. The number of hydrogen-bond acceptors (Lipinski definition) is 6. The van der Waals surface area contributed by atoms with Crippen LogP contribution in [0.15, 0.2) is 55.1 Å². The van der Waals surface area contributed by atoms with Gasteiger partial charge in [0.05, 0.1) is 5.92 Å². The van der Waals surface area contributed by atoms with Gasteiger partial charge in [0.1, 0.15) is 0 Å². The minimum atomic E-state index is -0.182. The van der Waals surface area contributed by atoms with E-state index in [-0.39, 0.29) is 17.6 Å². The number of carbonyl (C=O) groups excluding carboxylic acids is 2. The molecule has 1 atom stereocenters. The first-order chi connectivity index (χ1) is 14.1. The van der Waals surface area contributed by atoms with Crippen LogP contribution in [-0.2, 0) is 11.8 Å². The SMILES string of the molecule is Cn1ccnc1C(=O)c1cccc(NC(=O)[C@@H]2CCCN(c3ncccn3)C2)c1. The van der Waals surface area contributed by atoms with Gasteiger partial charge in [-0.15, -0.1) is 0 Å². The van der Waals surface area contributed by atoms with Crippen molar-refractivity contribution in [2.45, 2.75) is 12.8 Å². The Morgan fingerprint density at radius 3 is 2.69 bits per heavy atom. The summed E-state index contributed by atoms with van der Waals surface area (Å²) in [6.45, 7) is 1.41. The summed E-state index contributed by atoms with van der Waals surface area (Å²) in [5, 5.41) is 2.95. The van der Waals surface area contributed by atoms with E-state index in [1.807, 2.05) is 4.90 Å². The second-order valence-electron chi connectivity index (χ2n) is 7.09. The normalized spacial score (nSPS) is 16.4. The van der Waals surface area contributed by atoms with E-state index in [1.54, 1.807) is 66.7 Å². The molecule has 0 aliphatic carbocycles. The number of benzene rings is 1. The maximum absolute atomic E-state index is 12.8. The van der Waals surface area contributed by atoms with Gasteiger partial charge in [-0.25, -0.2) is 15.0 Å². The van der Waals surface area contributed by atoms with Crippen molar-refractivity contribution >= 4 is 23.3 Å². The van der Waals surface area contributed by atoms with Crippen LogP contribution in [0.3, 0.4) is 0 Å². The molecule has 8 nitrogen and oxygen atoms in total. The van der Waals surface area contributed by atoms with Gasteiger partial charge in [0.15, 0.2) is 5.82 Å². The third-order valence-electron chi connectivity index (χ3n) is 5.04. The van der Waals surface area contributed by atoms with Crippen molar-refractivity contribution < 1.29 is 9.59 Å². The Kier molecular flexibility index (Phi) is 5.33. The number of nitrogens with one attached hydrogen (secondary N) is 1. The molecule has 29 heavy (non-hydrogen) atoms. The van der Waals surface area contributed by atoms with Crippen molar-refractivity contribution in [2.24, 2.45) is 13.0 Å². The van der Waals surface area contributed by atoms with Gasteiger partial charge in [0, 0.05) is 56.2 Å². The molecule has 2 aromatic heterocycles. The molecule has 1 aromatic carbocycles.